The number of ether oxygens (including phenoxy) is 2. The Kier molecular flexibility index (Phi) is 11.6. The van der Waals surface area contributed by atoms with Gasteiger partial charge in [0, 0.05) is 46.9 Å². The molecule has 0 bridgehead atoms. The Morgan fingerprint density at radius 1 is 0.730 bits per heavy atom. The molecule has 4 atom stereocenters. The third-order valence-corrected chi connectivity index (χ3v) is 12.6. The van der Waals surface area contributed by atoms with Crippen LogP contribution in [0, 0.1) is 11.8 Å². The van der Waals surface area contributed by atoms with Crippen molar-refractivity contribution in [2.24, 2.45) is 11.8 Å². The number of pyridine rings is 1. The van der Waals surface area contributed by atoms with Crippen molar-refractivity contribution in [2.45, 2.75) is 83.5 Å². The number of nitrogens with zero attached hydrogens (tertiary/aromatic N) is 3. The minimum atomic E-state index is -3.33. The first kappa shape index (κ1) is 43.1. The lowest BCUT2D eigenvalue weighted by atomic mass is 9.97. The van der Waals surface area contributed by atoms with E-state index in [1.165, 1.54) is 32.4 Å². The number of fused-ring (bicyclic) bond motifs is 4. The third-order valence-electron chi connectivity index (χ3n) is 12.6. The van der Waals surface area contributed by atoms with Crippen LogP contribution >= 0.6 is 0 Å². The van der Waals surface area contributed by atoms with Crippen molar-refractivity contribution in [3.8, 4) is 33.5 Å². The molecule has 2 saturated heterocycles. The lowest BCUT2D eigenvalue weighted by molar-refractivity contribution is -0.136. The summed E-state index contributed by atoms with van der Waals surface area (Å²) in [5.74, 6) is -3.73. The number of amides is 4. The number of benzene rings is 3. The number of alkyl halides is 2. The number of halogens is 2. The number of carbonyl (C=O) groups excluding carboxylic acids is 4. The summed E-state index contributed by atoms with van der Waals surface area (Å²) in [6, 6.07) is 14.2. The van der Waals surface area contributed by atoms with Crippen molar-refractivity contribution in [1.82, 2.24) is 35.4 Å². The number of hydrogen-bond donors (Lipinski definition) is 4. The van der Waals surface area contributed by atoms with E-state index < -0.39 is 36.2 Å². The van der Waals surface area contributed by atoms with E-state index in [0.29, 0.717) is 88.3 Å². The topological polar surface area (TPSA) is 179 Å². The molecule has 16 heteroatoms. The fourth-order valence-electron chi connectivity index (χ4n) is 9.28. The number of hydrogen-bond acceptors (Lipinski definition) is 8. The third kappa shape index (κ3) is 7.91. The molecule has 1 unspecified atom stereocenters. The van der Waals surface area contributed by atoms with Crippen molar-refractivity contribution in [2.75, 3.05) is 27.3 Å². The molecule has 8 rings (SSSR count). The fraction of sp³-hybridized carbons (Fsp3) is 0.404. The van der Waals surface area contributed by atoms with E-state index in [1.54, 1.807) is 58.5 Å². The zero-order valence-corrected chi connectivity index (χ0v) is 36.0. The summed E-state index contributed by atoms with van der Waals surface area (Å²) in [6.07, 6.45) is 2.88. The number of aromatic nitrogens is 3. The number of nitrogens with one attached hydrogen (secondary N) is 4. The molecule has 2 fully saturated rings. The van der Waals surface area contributed by atoms with Crippen molar-refractivity contribution >= 4 is 34.9 Å². The zero-order valence-electron chi connectivity index (χ0n) is 36.0. The Bertz CT molecular complexity index is 2680. The maximum atomic E-state index is 16.6. The van der Waals surface area contributed by atoms with Crippen LogP contribution in [0.5, 0.6) is 0 Å². The maximum absolute atomic E-state index is 16.6. The quantitative estimate of drug-likeness (QED) is 0.110. The summed E-state index contributed by atoms with van der Waals surface area (Å²) in [5, 5.41) is 5.70. The summed E-state index contributed by atoms with van der Waals surface area (Å²) < 4.78 is 42.7. The second kappa shape index (κ2) is 16.9. The molecular weight excluding hydrogens is 813 g/mol. The van der Waals surface area contributed by atoms with E-state index in [1.807, 2.05) is 27.7 Å². The summed E-state index contributed by atoms with van der Waals surface area (Å²) in [7, 11) is 2.48. The second-order valence-corrected chi connectivity index (χ2v) is 17.2. The normalized spacial score (nSPS) is 18.6. The number of carbonyl (C=O) groups is 4. The highest BCUT2D eigenvalue weighted by Crippen LogP contribution is 2.53. The Balaban J connectivity index is 1.04. The van der Waals surface area contributed by atoms with Gasteiger partial charge in [0.15, 0.2) is 5.43 Å². The fourth-order valence-corrected chi connectivity index (χ4v) is 9.28. The van der Waals surface area contributed by atoms with Crippen LogP contribution in [0.3, 0.4) is 0 Å². The van der Waals surface area contributed by atoms with E-state index in [0.717, 1.165) is 6.42 Å². The number of alkyl carbamates (subject to hydrolysis) is 2. The Morgan fingerprint density at radius 3 is 1.84 bits per heavy atom. The van der Waals surface area contributed by atoms with Gasteiger partial charge in [-0.25, -0.2) is 14.6 Å². The SMILES string of the molecule is COC(=O)N[C@H](C(=O)N1CCCC1c1cc(=O)c2ccc(-c3ccc4c(c3)C(F)(F)c3cc(-c5cnc([C@H]6CCCN6C(=O)[C@H](NC(=O)OC)C(C)C)[nH]5)ccc3-4)cc2[nH]1)C(C)C. The molecule has 0 saturated carbocycles. The van der Waals surface area contributed by atoms with Crippen LogP contribution in [0.15, 0.2) is 71.7 Å². The van der Waals surface area contributed by atoms with E-state index in [9.17, 15) is 24.0 Å². The van der Waals surface area contributed by atoms with Gasteiger partial charge in [-0.1, -0.05) is 58.0 Å². The van der Waals surface area contributed by atoms with E-state index in [-0.39, 0.29) is 46.2 Å². The predicted molar refractivity (Wildman–Crippen MR) is 232 cm³/mol. The van der Waals surface area contributed by atoms with Crippen LogP contribution in [0.25, 0.3) is 44.4 Å². The standard InChI is InChI=1S/C47H51F2N7O7/c1-24(2)40(53-45(60)62-5)43(58)55-17-7-9-37(55)35-22-39(57)31-16-12-27(21-34(31)51-35)26-11-14-29-30-15-13-28(20-33(30)47(48,49)32(29)19-26)36-23-50-42(52-36)38-10-8-18-56(38)44(59)41(25(3)4)54-46(61)63-6/h11-16,19-25,37-38,40-41H,7-10,17-18H2,1-6H3,(H,50,52)(H,51,57)(H,53,60)(H,54,61)/t37?,38-,40+,41-/m1/s1. The maximum Gasteiger partial charge on any atom is 0.407 e. The molecule has 1 aliphatic carbocycles. The van der Waals surface area contributed by atoms with Crippen LogP contribution < -0.4 is 16.1 Å². The molecule has 3 aliphatic rings. The molecule has 4 amide bonds. The van der Waals surface area contributed by atoms with Crippen molar-refractivity contribution < 1.29 is 37.4 Å². The molecule has 5 aromatic rings. The average Bonchev–Trinajstić information content (AvgIpc) is 4.10. The first-order valence-corrected chi connectivity index (χ1v) is 21.3. The molecule has 3 aromatic carbocycles. The molecule has 0 spiro atoms. The van der Waals surface area contributed by atoms with Crippen LogP contribution in [-0.2, 0) is 25.0 Å². The monoisotopic (exact) mass is 863 g/mol. The Labute approximate surface area is 362 Å². The zero-order chi connectivity index (χ0) is 44.9. The summed E-state index contributed by atoms with van der Waals surface area (Å²) in [6.45, 7) is 8.28. The first-order chi connectivity index (χ1) is 30.1. The molecule has 63 heavy (non-hydrogen) atoms. The van der Waals surface area contributed by atoms with Crippen molar-refractivity contribution in [3.63, 3.8) is 0 Å². The molecular formula is C47H51F2N7O7. The molecule has 2 aromatic heterocycles. The molecule has 14 nitrogen and oxygen atoms in total. The molecule has 0 radical (unpaired) electrons. The number of H-pyrrole nitrogens is 2. The van der Waals surface area contributed by atoms with Gasteiger partial charge in [-0.3, -0.25) is 14.4 Å². The van der Waals surface area contributed by atoms with Gasteiger partial charge in [0.2, 0.25) is 11.8 Å². The van der Waals surface area contributed by atoms with Crippen LogP contribution in [0.4, 0.5) is 18.4 Å². The summed E-state index contributed by atoms with van der Waals surface area (Å²) in [4.78, 5) is 79.6. The van der Waals surface area contributed by atoms with E-state index in [4.69, 9.17) is 9.47 Å². The summed E-state index contributed by atoms with van der Waals surface area (Å²) >= 11 is 0. The Morgan fingerprint density at radius 2 is 1.25 bits per heavy atom. The minimum absolute atomic E-state index is 0.138. The number of methoxy groups -OCH3 is 2. The molecule has 330 valence electrons. The van der Waals surface area contributed by atoms with Gasteiger partial charge in [-0.2, -0.15) is 8.78 Å². The summed E-state index contributed by atoms with van der Waals surface area (Å²) in [5.41, 5.74) is 3.57. The lowest BCUT2D eigenvalue weighted by Gasteiger charge is -2.31. The van der Waals surface area contributed by atoms with Gasteiger partial charge in [-0.05, 0) is 84.0 Å². The second-order valence-electron chi connectivity index (χ2n) is 17.2. The van der Waals surface area contributed by atoms with E-state index in [2.05, 4.69) is 25.6 Å². The first-order valence-electron chi connectivity index (χ1n) is 21.3. The van der Waals surface area contributed by atoms with Gasteiger partial charge in [-0.15, -0.1) is 0 Å². The number of likely N-dealkylation sites (tertiary alicyclic amines) is 2. The van der Waals surface area contributed by atoms with Gasteiger partial charge in [0.05, 0.1) is 43.7 Å². The van der Waals surface area contributed by atoms with Crippen LogP contribution in [0.2, 0.25) is 0 Å². The van der Waals surface area contributed by atoms with Crippen molar-refractivity contribution in [3.05, 3.63) is 99.7 Å². The molecule has 2 aliphatic heterocycles. The average molecular weight is 864 g/mol. The number of rotatable bonds is 10. The van der Waals surface area contributed by atoms with Crippen molar-refractivity contribution in [1.29, 1.82) is 0 Å². The highest BCUT2D eigenvalue weighted by atomic mass is 19.3. The smallest absolute Gasteiger partial charge is 0.407 e. The van der Waals surface area contributed by atoms with Gasteiger partial charge in [0.25, 0.3) is 5.92 Å². The van der Waals surface area contributed by atoms with Crippen LogP contribution in [0.1, 0.15) is 88.1 Å². The minimum Gasteiger partial charge on any atom is -0.453 e. The van der Waals surface area contributed by atoms with Gasteiger partial charge in [0.1, 0.15) is 17.9 Å². The Hall–Kier alpha value is -6.58. The lowest BCUT2D eigenvalue weighted by Crippen LogP contribution is -2.51. The highest BCUT2D eigenvalue weighted by Gasteiger charge is 2.45. The molecule has 4 heterocycles. The highest BCUT2D eigenvalue weighted by molar-refractivity contribution is 5.89. The predicted octanol–water partition coefficient (Wildman–Crippen LogP) is 7.79. The largest absolute Gasteiger partial charge is 0.453 e. The number of imidazole rings is 1. The van der Waals surface area contributed by atoms with Gasteiger partial charge < -0.3 is 39.9 Å². The molecule has 4 N–H and O–H groups in total. The van der Waals surface area contributed by atoms with E-state index >= 15 is 8.78 Å². The number of aromatic amines is 2. The van der Waals surface area contributed by atoms with Gasteiger partial charge >= 0.3 is 12.2 Å². The van der Waals surface area contributed by atoms with Crippen LogP contribution in [-0.4, -0.2) is 88.1 Å².